The zero-order chi connectivity index (χ0) is 13.8. The van der Waals surface area contributed by atoms with Gasteiger partial charge in [-0.25, -0.2) is 0 Å². The van der Waals surface area contributed by atoms with Gasteiger partial charge in [-0.2, -0.15) is 0 Å². The van der Waals surface area contributed by atoms with Crippen LogP contribution in [0.1, 0.15) is 77.6 Å². The molecule has 2 atom stereocenters. The van der Waals surface area contributed by atoms with Crippen LogP contribution in [-0.2, 0) is 0 Å². The minimum Gasteiger partial charge on any atom is -0.0620 e. The van der Waals surface area contributed by atoms with Gasteiger partial charge in [-0.3, -0.25) is 0 Å². The lowest BCUT2D eigenvalue weighted by atomic mass is 9.34. The van der Waals surface area contributed by atoms with Crippen molar-refractivity contribution < 1.29 is 0 Å². The summed E-state index contributed by atoms with van der Waals surface area (Å²) in [5.41, 5.74) is 1.68. The fourth-order valence-electron chi connectivity index (χ4n) is 9.69. The lowest BCUT2D eigenvalue weighted by molar-refractivity contribution is -0.211. The SMILES string of the molecule is CC1C2CC3CC1CC(C14CC5CC(CC(C5)C1)C4)(C3)C2. The lowest BCUT2D eigenvalue weighted by Gasteiger charge is -2.71. The molecule has 8 bridgehead atoms. The van der Waals surface area contributed by atoms with Crippen LogP contribution in [0.5, 0.6) is 0 Å². The molecule has 0 heteroatoms. The summed E-state index contributed by atoms with van der Waals surface area (Å²) in [7, 11) is 0. The van der Waals surface area contributed by atoms with Gasteiger partial charge in [0.2, 0.25) is 0 Å². The van der Waals surface area contributed by atoms with Gasteiger partial charge in [0.15, 0.2) is 0 Å². The van der Waals surface area contributed by atoms with Gasteiger partial charge in [0, 0.05) is 0 Å². The minimum absolute atomic E-state index is 0.839. The third kappa shape index (κ3) is 1.44. The Kier molecular flexibility index (Phi) is 2.21. The van der Waals surface area contributed by atoms with Crippen molar-refractivity contribution in [1.29, 1.82) is 0 Å². The van der Waals surface area contributed by atoms with E-state index in [1.165, 1.54) is 0 Å². The molecule has 0 aromatic heterocycles. The first kappa shape index (κ1) is 12.4. The molecule has 0 aromatic rings. The largest absolute Gasteiger partial charge is 0.0620 e. The highest BCUT2D eigenvalue weighted by Gasteiger charge is 2.65. The van der Waals surface area contributed by atoms with E-state index in [1.54, 1.807) is 70.6 Å². The van der Waals surface area contributed by atoms with Crippen LogP contribution in [0.15, 0.2) is 0 Å². The van der Waals surface area contributed by atoms with Gasteiger partial charge in [-0.15, -0.1) is 0 Å². The summed E-state index contributed by atoms with van der Waals surface area (Å²) in [6.07, 6.45) is 18.1. The summed E-state index contributed by atoms with van der Waals surface area (Å²) in [5.74, 6) is 7.94. The van der Waals surface area contributed by atoms with Crippen molar-refractivity contribution in [3.63, 3.8) is 0 Å². The van der Waals surface area contributed by atoms with E-state index in [9.17, 15) is 0 Å². The van der Waals surface area contributed by atoms with Gasteiger partial charge in [0.1, 0.15) is 0 Å². The van der Waals surface area contributed by atoms with Crippen LogP contribution in [0.3, 0.4) is 0 Å². The minimum atomic E-state index is 0.839. The number of rotatable bonds is 1. The summed E-state index contributed by atoms with van der Waals surface area (Å²) in [6.45, 7) is 2.61. The fraction of sp³-hybridized carbons (Fsp3) is 1.00. The van der Waals surface area contributed by atoms with Gasteiger partial charge in [0.25, 0.3) is 0 Å². The van der Waals surface area contributed by atoms with Crippen molar-refractivity contribution in [3.05, 3.63) is 0 Å². The smallest absolute Gasteiger partial charge is 0.0233 e. The summed E-state index contributed by atoms with van der Waals surface area (Å²) >= 11 is 0. The van der Waals surface area contributed by atoms with Crippen LogP contribution in [-0.4, -0.2) is 0 Å². The van der Waals surface area contributed by atoms with E-state index in [-0.39, 0.29) is 0 Å². The fourth-order valence-corrected chi connectivity index (χ4v) is 9.69. The third-order valence-corrected chi connectivity index (χ3v) is 9.91. The molecule has 0 N–H and O–H groups in total. The molecule has 8 rings (SSSR count). The van der Waals surface area contributed by atoms with Gasteiger partial charge in [-0.1, -0.05) is 6.92 Å². The highest BCUT2D eigenvalue weighted by Crippen LogP contribution is 2.75. The second-order valence-corrected chi connectivity index (χ2v) is 10.8. The number of hydrogen-bond donors (Lipinski definition) is 0. The normalized spacial score (nSPS) is 67.0. The number of hydrogen-bond acceptors (Lipinski definition) is 0. The van der Waals surface area contributed by atoms with Crippen LogP contribution in [0.2, 0.25) is 0 Å². The third-order valence-electron chi connectivity index (χ3n) is 9.91. The molecule has 0 spiro atoms. The van der Waals surface area contributed by atoms with Crippen LogP contribution in [0, 0.1) is 52.3 Å². The van der Waals surface area contributed by atoms with Gasteiger partial charge in [-0.05, 0) is 123 Å². The molecule has 0 heterocycles. The predicted molar refractivity (Wildman–Crippen MR) is 85.8 cm³/mol. The molecular formula is C21H32. The maximum atomic E-state index is 2.61. The van der Waals surface area contributed by atoms with Crippen LogP contribution >= 0.6 is 0 Å². The summed E-state index contributed by atoms with van der Waals surface area (Å²) < 4.78 is 0. The van der Waals surface area contributed by atoms with E-state index in [4.69, 9.17) is 0 Å². The Hall–Kier alpha value is 0. The predicted octanol–water partition coefficient (Wildman–Crippen LogP) is 5.67. The maximum absolute atomic E-state index is 2.61. The van der Waals surface area contributed by atoms with Gasteiger partial charge < -0.3 is 0 Å². The molecule has 0 amide bonds. The Balaban J connectivity index is 1.43. The summed E-state index contributed by atoms with van der Waals surface area (Å²) in [6, 6.07) is 0. The zero-order valence-electron chi connectivity index (χ0n) is 13.8. The maximum Gasteiger partial charge on any atom is -0.0233 e. The molecule has 0 radical (unpaired) electrons. The molecule has 0 saturated heterocycles. The quantitative estimate of drug-likeness (QED) is 0.582. The van der Waals surface area contributed by atoms with Crippen molar-refractivity contribution in [2.24, 2.45) is 52.3 Å². The van der Waals surface area contributed by atoms with E-state index in [0.717, 1.165) is 52.3 Å². The van der Waals surface area contributed by atoms with E-state index in [2.05, 4.69) is 6.92 Å². The summed E-state index contributed by atoms with van der Waals surface area (Å²) in [4.78, 5) is 0. The van der Waals surface area contributed by atoms with E-state index in [1.807, 2.05) is 0 Å². The highest BCUT2D eigenvalue weighted by atomic mass is 14.7. The Labute approximate surface area is 130 Å². The van der Waals surface area contributed by atoms with Crippen molar-refractivity contribution in [2.75, 3.05) is 0 Å². The second-order valence-electron chi connectivity index (χ2n) is 10.8. The Morgan fingerprint density at radius 3 is 1.38 bits per heavy atom. The molecule has 8 aliphatic rings. The Morgan fingerprint density at radius 1 is 0.524 bits per heavy atom. The second kappa shape index (κ2) is 3.73. The first-order chi connectivity index (χ1) is 10.1. The standard InChI is InChI=1S/C21H32/c1-13-18-5-17-6-19(13)12-21(10-17,11-18)20-7-14-2-15(8-20)4-16(3-14)9-20/h13-19H,2-12H2,1H3. The summed E-state index contributed by atoms with van der Waals surface area (Å²) in [5, 5.41) is 0. The van der Waals surface area contributed by atoms with Gasteiger partial charge in [0.05, 0.1) is 0 Å². The molecule has 0 nitrogen and oxygen atoms in total. The molecule has 8 aliphatic carbocycles. The molecule has 21 heavy (non-hydrogen) atoms. The first-order valence-electron chi connectivity index (χ1n) is 10.1. The molecule has 2 unspecified atom stereocenters. The van der Waals surface area contributed by atoms with E-state index < -0.39 is 0 Å². The lowest BCUT2D eigenvalue weighted by Crippen LogP contribution is -2.61. The highest BCUT2D eigenvalue weighted by molar-refractivity contribution is 5.15. The molecular weight excluding hydrogens is 252 g/mol. The van der Waals surface area contributed by atoms with Gasteiger partial charge >= 0.3 is 0 Å². The Morgan fingerprint density at radius 2 is 0.905 bits per heavy atom. The van der Waals surface area contributed by atoms with Crippen molar-refractivity contribution >= 4 is 0 Å². The van der Waals surface area contributed by atoms with Crippen LogP contribution in [0.25, 0.3) is 0 Å². The zero-order valence-corrected chi connectivity index (χ0v) is 13.8. The van der Waals surface area contributed by atoms with Crippen molar-refractivity contribution in [1.82, 2.24) is 0 Å². The molecule has 8 fully saturated rings. The molecule has 0 aliphatic heterocycles. The Bertz CT molecular complexity index is 423. The topological polar surface area (TPSA) is 0 Å². The van der Waals surface area contributed by atoms with Crippen LogP contribution in [0.4, 0.5) is 0 Å². The molecule has 0 aromatic carbocycles. The molecule has 116 valence electrons. The monoisotopic (exact) mass is 284 g/mol. The average Bonchev–Trinajstić information content (AvgIpc) is 2.42. The average molecular weight is 284 g/mol. The van der Waals surface area contributed by atoms with Crippen molar-refractivity contribution in [2.45, 2.75) is 77.6 Å². The van der Waals surface area contributed by atoms with E-state index >= 15 is 0 Å². The van der Waals surface area contributed by atoms with Crippen LogP contribution < -0.4 is 0 Å². The first-order valence-corrected chi connectivity index (χ1v) is 10.1. The van der Waals surface area contributed by atoms with E-state index in [0.29, 0.717) is 0 Å². The van der Waals surface area contributed by atoms with Crippen molar-refractivity contribution in [3.8, 4) is 0 Å². The molecule has 8 saturated carbocycles.